The molecule has 1 aliphatic rings. The molecule has 1 saturated heterocycles. The number of aliphatic hydroxyl groups excluding tert-OH is 1. The molecule has 0 spiro atoms. The van der Waals surface area contributed by atoms with Crippen LogP contribution in [0.25, 0.3) is 5.76 Å². The lowest BCUT2D eigenvalue weighted by Crippen LogP contribution is -2.29. The minimum Gasteiger partial charge on any atom is -0.507 e. The Labute approximate surface area is 201 Å². The minimum atomic E-state index is -1.04. The highest BCUT2D eigenvalue weighted by atomic mass is 19.1. The topological polar surface area (TPSA) is 102 Å². The molecule has 2 heterocycles. The summed E-state index contributed by atoms with van der Waals surface area (Å²) < 4.78 is 29.9. The lowest BCUT2D eigenvalue weighted by atomic mass is 9.95. The summed E-state index contributed by atoms with van der Waals surface area (Å²) in [6, 6.07) is 10.5. The average molecular weight is 480 g/mol. The quantitative estimate of drug-likeness (QED) is 0.211. The normalized spacial score (nSPS) is 17.1. The monoisotopic (exact) mass is 480 g/mol. The Balaban J connectivity index is 1.87. The number of anilines is 1. The number of benzene rings is 2. The van der Waals surface area contributed by atoms with E-state index in [0.717, 1.165) is 25.0 Å². The summed E-state index contributed by atoms with van der Waals surface area (Å²) in [4.78, 5) is 27.5. The van der Waals surface area contributed by atoms with Crippen molar-refractivity contribution in [1.29, 1.82) is 0 Å². The Bertz CT molecular complexity index is 1280. The maximum atomic E-state index is 13.5. The van der Waals surface area contributed by atoms with Gasteiger partial charge in [-0.15, -0.1) is 0 Å². The zero-order valence-corrected chi connectivity index (χ0v) is 19.6. The van der Waals surface area contributed by atoms with E-state index in [2.05, 4.69) is 12.1 Å². The second-order valence-electron chi connectivity index (χ2n) is 8.08. The van der Waals surface area contributed by atoms with E-state index in [1.807, 2.05) is 0 Å². The molecule has 9 heteroatoms. The number of Topliss-reactive ketones (excluding diaryl/α,β-unsaturated/α-hetero) is 1. The molecule has 1 unspecified atom stereocenters. The number of hydrogen-bond donors (Lipinski definition) is 1. The van der Waals surface area contributed by atoms with Crippen LogP contribution in [0.1, 0.15) is 42.7 Å². The first kappa shape index (κ1) is 24.0. The molecular weight excluding hydrogens is 455 g/mol. The summed E-state index contributed by atoms with van der Waals surface area (Å²) in [7, 11) is 1.49. The highest BCUT2D eigenvalue weighted by Crippen LogP contribution is 2.44. The van der Waals surface area contributed by atoms with Crippen LogP contribution in [0.15, 0.2) is 58.6 Å². The van der Waals surface area contributed by atoms with E-state index in [-0.39, 0.29) is 17.0 Å². The van der Waals surface area contributed by atoms with Crippen LogP contribution in [0.3, 0.4) is 0 Å². The summed E-state index contributed by atoms with van der Waals surface area (Å²) in [6.07, 6.45) is 1.84. The summed E-state index contributed by atoms with van der Waals surface area (Å²) in [5.74, 6) is -1.24. The number of ether oxygens (including phenoxy) is 2. The fourth-order valence-electron chi connectivity index (χ4n) is 3.91. The molecule has 1 atom stereocenters. The first-order valence-corrected chi connectivity index (χ1v) is 11.2. The van der Waals surface area contributed by atoms with E-state index >= 15 is 0 Å². The number of amides is 1. The van der Waals surface area contributed by atoms with Gasteiger partial charge in [0.1, 0.15) is 17.3 Å². The molecule has 0 bridgehead atoms. The molecule has 1 aliphatic heterocycles. The van der Waals surface area contributed by atoms with E-state index < -0.39 is 29.3 Å². The molecule has 35 heavy (non-hydrogen) atoms. The van der Waals surface area contributed by atoms with Crippen molar-refractivity contribution in [3.63, 3.8) is 0 Å². The van der Waals surface area contributed by atoms with Crippen molar-refractivity contribution in [1.82, 2.24) is 5.16 Å². The van der Waals surface area contributed by atoms with Crippen LogP contribution in [0, 0.1) is 12.7 Å². The second kappa shape index (κ2) is 10.0. The fraction of sp³-hybridized carbons (Fsp3) is 0.269. The Hall–Kier alpha value is -4.14. The molecule has 0 radical (unpaired) electrons. The SMILES string of the molecule is CCCCOc1ccc(C2/C(=C(/O)c3ccc(F)cc3)C(=O)C(=O)N2c2cc(C)on2)cc1OC. The molecule has 0 saturated carbocycles. The van der Waals surface area contributed by atoms with Crippen LogP contribution in [0.5, 0.6) is 11.5 Å². The number of aryl methyl sites for hydroxylation is 1. The van der Waals surface area contributed by atoms with Crippen LogP contribution in [-0.4, -0.2) is 35.7 Å². The third kappa shape index (κ3) is 4.62. The van der Waals surface area contributed by atoms with Crippen molar-refractivity contribution >= 4 is 23.3 Å². The van der Waals surface area contributed by atoms with Gasteiger partial charge in [0.25, 0.3) is 5.78 Å². The average Bonchev–Trinajstić information content (AvgIpc) is 3.39. The predicted octanol–water partition coefficient (Wildman–Crippen LogP) is 4.94. The van der Waals surface area contributed by atoms with Gasteiger partial charge in [-0.05, 0) is 55.3 Å². The van der Waals surface area contributed by atoms with Gasteiger partial charge in [0.05, 0.1) is 25.3 Å². The maximum absolute atomic E-state index is 13.5. The molecule has 1 fully saturated rings. The first-order chi connectivity index (χ1) is 16.8. The van der Waals surface area contributed by atoms with Crippen molar-refractivity contribution in [3.8, 4) is 11.5 Å². The van der Waals surface area contributed by atoms with E-state index in [4.69, 9.17) is 14.0 Å². The Morgan fingerprint density at radius 3 is 2.51 bits per heavy atom. The van der Waals surface area contributed by atoms with Crippen molar-refractivity contribution in [3.05, 3.63) is 76.8 Å². The zero-order chi connectivity index (χ0) is 25.1. The lowest BCUT2D eigenvalue weighted by Gasteiger charge is -2.23. The van der Waals surface area contributed by atoms with Gasteiger partial charge in [-0.1, -0.05) is 24.6 Å². The van der Waals surface area contributed by atoms with Crippen molar-refractivity contribution in [2.24, 2.45) is 0 Å². The Kier molecular flexibility index (Phi) is 6.86. The molecule has 2 aromatic carbocycles. The number of halogens is 1. The third-order valence-electron chi connectivity index (χ3n) is 5.68. The van der Waals surface area contributed by atoms with E-state index in [0.29, 0.717) is 29.4 Å². The van der Waals surface area contributed by atoms with Gasteiger partial charge in [0, 0.05) is 11.6 Å². The molecule has 1 amide bonds. The fourth-order valence-corrected chi connectivity index (χ4v) is 3.91. The van der Waals surface area contributed by atoms with Crippen molar-refractivity contribution in [2.75, 3.05) is 18.6 Å². The summed E-state index contributed by atoms with van der Waals surface area (Å²) in [5, 5.41) is 15.0. The number of hydrogen-bond acceptors (Lipinski definition) is 7. The van der Waals surface area contributed by atoms with Crippen LogP contribution >= 0.6 is 0 Å². The van der Waals surface area contributed by atoms with Gasteiger partial charge in [-0.3, -0.25) is 14.5 Å². The largest absolute Gasteiger partial charge is 0.507 e. The molecular formula is C26H25FN2O6. The maximum Gasteiger partial charge on any atom is 0.301 e. The number of aliphatic hydroxyl groups is 1. The van der Waals surface area contributed by atoms with Gasteiger partial charge in [0.2, 0.25) is 0 Å². The summed E-state index contributed by atoms with van der Waals surface area (Å²) in [6.45, 7) is 4.22. The standard InChI is InChI=1S/C26H25FN2O6/c1-4-5-12-34-19-11-8-17(14-20(19)33-3)23-22(24(30)16-6-9-18(27)10-7-16)25(31)26(32)29(23)21-13-15(2)35-28-21/h6-11,13-14,23,30H,4-5,12H2,1-3H3/b24-22-. The van der Waals surface area contributed by atoms with Crippen molar-refractivity contribution in [2.45, 2.75) is 32.7 Å². The molecule has 182 valence electrons. The van der Waals surface area contributed by atoms with Gasteiger partial charge in [0.15, 0.2) is 17.3 Å². The summed E-state index contributed by atoms with van der Waals surface area (Å²) in [5.41, 5.74) is 0.509. The van der Waals surface area contributed by atoms with Crippen LogP contribution in [0.2, 0.25) is 0 Å². The van der Waals surface area contributed by atoms with Gasteiger partial charge >= 0.3 is 5.91 Å². The van der Waals surface area contributed by atoms with Gasteiger partial charge in [-0.2, -0.15) is 0 Å². The highest BCUT2D eigenvalue weighted by Gasteiger charge is 2.48. The van der Waals surface area contributed by atoms with Crippen LogP contribution in [-0.2, 0) is 9.59 Å². The Morgan fingerprint density at radius 2 is 1.89 bits per heavy atom. The number of unbranched alkanes of at least 4 members (excludes halogenated alkanes) is 1. The third-order valence-corrected chi connectivity index (χ3v) is 5.68. The summed E-state index contributed by atoms with van der Waals surface area (Å²) >= 11 is 0. The molecule has 1 aromatic heterocycles. The molecule has 0 aliphatic carbocycles. The second-order valence-corrected chi connectivity index (χ2v) is 8.08. The number of ketones is 1. The molecule has 1 N–H and O–H groups in total. The first-order valence-electron chi connectivity index (χ1n) is 11.2. The van der Waals surface area contributed by atoms with Gasteiger partial charge < -0.3 is 19.1 Å². The Morgan fingerprint density at radius 1 is 1.14 bits per heavy atom. The van der Waals surface area contributed by atoms with Gasteiger partial charge in [-0.25, -0.2) is 4.39 Å². The van der Waals surface area contributed by atoms with Crippen LogP contribution in [0.4, 0.5) is 10.2 Å². The smallest absolute Gasteiger partial charge is 0.301 e. The molecule has 8 nitrogen and oxygen atoms in total. The minimum absolute atomic E-state index is 0.120. The number of methoxy groups -OCH3 is 1. The van der Waals surface area contributed by atoms with E-state index in [1.54, 1.807) is 25.1 Å². The van der Waals surface area contributed by atoms with E-state index in [1.165, 1.54) is 30.2 Å². The van der Waals surface area contributed by atoms with Crippen LogP contribution < -0.4 is 14.4 Å². The number of aromatic nitrogens is 1. The lowest BCUT2D eigenvalue weighted by molar-refractivity contribution is -0.132. The van der Waals surface area contributed by atoms with Crippen molar-refractivity contribution < 1.29 is 33.1 Å². The van der Waals surface area contributed by atoms with E-state index in [9.17, 15) is 19.1 Å². The molecule has 4 rings (SSSR count). The molecule has 3 aromatic rings. The zero-order valence-electron chi connectivity index (χ0n) is 19.6. The number of nitrogens with zero attached hydrogens (tertiary/aromatic N) is 2. The number of carbonyl (C=O) groups excluding carboxylic acids is 2. The highest BCUT2D eigenvalue weighted by molar-refractivity contribution is 6.51. The predicted molar refractivity (Wildman–Crippen MR) is 126 cm³/mol. The number of carbonyl (C=O) groups is 2. The number of rotatable bonds is 8.